The van der Waals surface area contributed by atoms with Gasteiger partial charge in [-0.05, 0) is 52.5 Å². The highest BCUT2D eigenvalue weighted by Crippen LogP contribution is 2.39. The van der Waals surface area contributed by atoms with Gasteiger partial charge in [0, 0.05) is 10.2 Å². The summed E-state index contributed by atoms with van der Waals surface area (Å²) in [5, 5.41) is 0. The number of sulfone groups is 1. The Labute approximate surface area is 189 Å². The number of halogens is 1. The van der Waals surface area contributed by atoms with Crippen molar-refractivity contribution in [2.75, 3.05) is 13.4 Å². The van der Waals surface area contributed by atoms with Crippen molar-refractivity contribution >= 4 is 65.9 Å². The van der Waals surface area contributed by atoms with Crippen LogP contribution in [-0.4, -0.2) is 37.3 Å². The zero-order valence-corrected chi connectivity index (χ0v) is 19.9. The van der Waals surface area contributed by atoms with Crippen molar-refractivity contribution < 1.29 is 17.9 Å². The van der Waals surface area contributed by atoms with Crippen LogP contribution in [0.15, 0.2) is 73.3 Å². The predicted octanol–water partition coefficient (Wildman–Crippen LogP) is 5.19. The molecule has 4 aromatic rings. The number of carbonyl (C=O) groups is 1. The molecule has 10 heteroatoms. The average Bonchev–Trinajstić information content (AvgIpc) is 3.39. The first-order valence-corrected chi connectivity index (χ1v) is 12.9. The van der Waals surface area contributed by atoms with E-state index in [0.717, 1.165) is 17.0 Å². The van der Waals surface area contributed by atoms with Crippen LogP contribution in [0, 0.1) is 0 Å². The van der Waals surface area contributed by atoms with Crippen LogP contribution in [0.2, 0.25) is 0 Å². The van der Waals surface area contributed by atoms with Crippen molar-refractivity contribution in [2.45, 2.75) is 14.0 Å². The van der Waals surface area contributed by atoms with Gasteiger partial charge in [0.1, 0.15) is 16.7 Å². The molecule has 2 heterocycles. The van der Waals surface area contributed by atoms with Crippen LogP contribution < -0.4 is 0 Å². The third-order valence-electron chi connectivity index (χ3n) is 4.45. The number of ether oxygens (including phenoxy) is 1. The lowest BCUT2D eigenvalue weighted by atomic mass is 10.3. The molecule has 4 rings (SSSR count). The van der Waals surface area contributed by atoms with Crippen molar-refractivity contribution in [3.63, 3.8) is 0 Å². The highest BCUT2D eigenvalue weighted by atomic mass is 79.9. The minimum Gasteiger partial charge on any atom is -0.465 e. The number of hydrogen-bond acceptors (Lipinski definition) is 7. The number of thioether (sulfide) groups is 1. The second kappa shape index (κ2) is 8.18. The fraction of sp³-hybridized carbons (Fsp3) is 0.100. The summed E-state index contributed by atoms with van der Waals surface area (Å²) in [6, 6.07) is 14.1. The molecule has 30 heavy (non-hydrogen) atoms. The van der Waals surface area contributed by atoms with E-state index in [2.05, 4.69) is 20.9 Å². The van der Waals surface area contributed by atoms with Gasteiger partial charge in [-0.25, -0.2) is 18.2 Å². The lowest BCUT2D eigenvalue weighted by Gasteiger charge is -2.08. The highest BCUT2D eigenvalue weighted by Gasteiger charge is 2.27. The molecule has 154 valence electrons. The Morgan fingerprint density at radius 3 is 2.60 bits per heavy atom. The monoisotopic (exact) mass is 522 g/mol. The third-order valence-corrected chi connectivity index (χ3v) is 9.32. The summed E-state index contributed by atoms with van der Waals surface area (Å²) >= 11 is 5.84. The Balaban J connectivity index is 1.91. The van der Waals surface area contributed by atoms with Crippen LogP contribution in [0.25, 0.3) is 16.7 Å². The first-order valence-electron chi connectivity index (χ1n) is 8.60. The number of benzene rings is 2. The number of esters is 1. The van der Waals surface area contributed by atoms with Crippen LogP contribution >= 0.6 is 39.0 Å². The summed E-state index contributed by atoms with van der Waals surface area (Å²) in [5.41, 5.74) is 2.18. The summed E-state index contributed by atoms with van der Waals surface area (Å²) in [4.78, 5) is 16.8. The maximum absolute atomic E-state index is 13.5. The lowest BCUT2D eigenvalue weighted by molar-refractivity contribution is 0.0606. The SMILES string of the molecule is COC(=O)c1cc(S(=O)(=O)c2cc(Br)c3ncn(-c4ccccc4)c3c2)c(SC)s1. The zero-order valence-electron chi connectivity index (χ0n) is 15.8. The largest absolute Gasteiger partial charge is 0.465 e. The first kappa shape index (κ1) is 21.1. The van der Waals surface area contributed by atoms with Gasteiger partial charge in [0.05, 0.1) is 26.6 Å². The van der Waals surface area contributed by atoms with Gasteiger partial charge in [0.2, 0.25) is 9.84 Å². The molecule has 0 spiro atoms. The normalized spacial score (nSPS) is 11.7. The molecule has 0 saturated heterocycles. The van der Waals surface area contributed by atoms with Crippen molar-refractivity contribution in [1.82, 2.24) is 9.55 Å². The van der Waals surface area contributed by atoms with E-state index in [-0.39, 0.29) is 14.7 Å². The minimum atomic E-state index is -3.88. The van der Waals surface area contributed by atoms with Crippen LogP contribution in [0.4, 0.5) is 0 Å². The summed E-state index contributed by atoms with van der Waals surface area (Å²) < 4.78 is 34.7. The van der Waals surface area contributed by atoms with E-state index in [0.29, 0.717) is 19.7 Å². The standard InChI is InChI=1S/C20H15BrN2O4S3/c1-27-19(24)16-10-17(20(28-2)29-16)30(25,26)13-8-14(21)18-15(9-13)23(11-22-18)12-6-4-3-5-7-12/h3-11H,1-2H3. The smallest absolute Gasteiger partial charge is 0.348 e. The zero-order chi connectivity index (χ0) is 21.5. The van der Waals surface area contributed by atoms with E-state index in [1.807, 2.05) is 34.9 Å². The van der Waals surface area contributed by atoms with E-state index < -0.39 is 15.8 Å². The second-order valence-corrected chi connectivity index (χ2v) is 11.1. The molecule has 0 bridgehead atoms. The molecule has 0 aliphatic carbocycles. The maximum Gasteiger partial charge on any atom is 0.348 e. The van der Waals surface area contributed by atoms with Gasteiger partial charge in [0.15, 0.2) is 0 Å². The van der Waals surface area contributed by atoms with Gasteiger partial charge < -0.3 is 4.74 Å². The van der Waals surface area contributed by atoms with E-state index in [4.69, 9.17) is 4.74 Å². The molecule has 0 aliphatic heterocycles. The Kier molecular flexibility index (Phi) is 5.75. The number of para-hydroxylation sites is 1. The van der Waals surface area contributed by atoms with Gasteiger partial charge in [0.25, 0.3) is 0 Å². The van der Waals surface area contributed by atoms with Crippen molar-refractivity contribution in [3.05, 3.63) is 64.2 Å². The second-order valence-electron chi connectivity index (χ2n) is 6.18. The molecule has 2 aromatic carbocycles. The van der Waals surface area contributed by atoms with Crippen molar-refractivity contribution in [3.8, 4) is 5.69 Å². The average molecular weight is 523 g/mol. The van der Waals surface area contributed by atoms with Crippen LogP contribution in [0.1, 0.15) is 9.67 Å². The molecule has 0 unspecified atom stereocenters. The Morgan fingerprint density at radius 2 is 1.93 bits per heavy atom. The molecule has 2 aromatic heterocycles. The van der Waals surface area contributed by atoms with Crippen molar-refractivity contribution in [2.24, 2.45) is 0 Å². The summed E-state index contributed by atoms with van der Waals surface area (Å²) in [6.07, 6.45) is 3.43. The number of imidazole rings is 1. The molecule has 0 fully saturated rings. The Bertz CT molecular complexity index is 1360. The van der Waals surface area contributed by atoms with Crippen molar-refractivity contribution in [1.29, 1.82) is 0 Å². The minimum absolute atomic E-state index is 0.0948. The first-order chi connectivity index (χ1) is 14.4. The number of rotatable bonds is 5. The Morgan fingerprint density at radius 1 is 1.20 bits per heavy atom. The number of carbonyl (C=O) groups excluding carboxylic acids is 1. The van der Waals surface area contributed by atoms with Crippen LogP contribution in [0.5, 0.6) is 0 Å². The number of hydrogen-bond donors (Lipinski definition) is 0. The summed E-state index contributed by atoms with van der Waals surface area (Å²) in [7, 11) is -2.61. The number of methoxy groups -OCH3 is 1. The molecular weight excluding hydrogens is 508 g/mol. The van der Waals surface area contributed by atoms with Gasteiger partial charge in [-0.1, -0.05) is 18.2 Å². The molecule has 0 radical (unpaired) electrons. The number of aromatic nitrogens is 2. The number of fused-ring (bicyclic) bond motifs is 1. The van der Waals surface area contributed by atoms with E-state index >= 15 is 0 Å². The van der Waals surface area contributed by atoms with E-state index in [1.54, 1.807) is 24.7 Å². The summed E-state index contributed by atoms with van der Waals surface area (Å²) in [5.74, 6) is -0.560. The quantitative estimate of drug-likeness (QED) is 0.265. The Hall–Kier alpha value is -2.14. The predicted molar refractivity (Wildman–Crippen MR) is 122 cm³/mol. The topological polar surface area (TPSA) is 78.3 Å². The fourth-order valence-electron chi connectivity index (χ4n) is 3.01. The maximum atomic E-state index is 13.5. The third kappa shape index (κ3) is 3.58. The number of thiophene rings is 1. The molecule has 0 atom stereocenters. The van der Waals surface area contributed by atoms with Gasteiger partial charge in [-0.3, -0.25) is 4.57 Å². The van der Waals surface area contributed by atoms with Gasteiger partial charge in [-0.2, -0.15) is 0 Å². The molecule has 0 saturated carbocycles. The number of nitrogens with zero attached hydrogens (tertiary/aromatic N) is 2. The van der Waals surface area contributed by atoms with Crippen LogP contribution in [-0.2, 0) is 14.6 Å². The molecule has 0 aliphatic rings. The lowest BCUT2D eigenvalue weighted by Crippen LogP contribution is -2.03. The molecule has 0 amide bonds. The van der Waals surface area contributed by atoms with Gasteiger partial charge in [-0.15, -0.1) is 23.1 Å². The van der Waals surface area contributed by atoms with E-state index in [9.17, 15) is 13.2 Å². The molecular formula is C20H15BrN2O4S3. The van der Waals surface area contributed by atoms with Gasteiger partial charge >= 0.3 is 5.97 Å². The molecule has 6 nitrogen and oxygen atoms in total. The summed E-state index contributed by atoms with van der Waals surface area (Å²) in [6.45, 7) is 0. The highest BCUT2D eigenvalue weighted by molar-refractivity contribution is 9.10. The van der Waals surface area contributed by atoms with E-state index in [1.165, 1.54) is 24.9 Å². The fourth-order valence-corrected chi connectivity index (χ4v) is 7.68. The molecule has 0 N–H and O–H groups in total. The van der Waals surface area contributed by atoms with Crippen LogP contribution in [0.3, 0.4) is 0 Å².